The summed E-state index contributed by atoms with van der Waals surface area (Å²) in [5.74, 6) is 0.160. The molecule has 1 aromatic heterocycles. The molecule has 0 spiro atoms. The first-order chi connectivity index (χ1) is 18.1. The Morgan fingerprint density at radius 1 is 0.973 bits per heavy atom. The van der Waals surface area contributed by atoms with Gasteiger partial charge in [-0.05, 0) is 68.7 Å². The largest absolute Gasteiger partial charge is 0.343 e. The Labute approximate surface area is 219 Å². The van der Waals surface area contributed by atoms with Gasteiger partial charge in [0, 0.05) is 23.7 Å². The highest BCUT2D eigenvalue weighted by atomic mass is 16.2. The van der Waals surface area contributed by atoms with Crippen molar-refractivity contribution in [2.75, 3.05) is 13.6 Å². The summed E-state index contributed by atoms with van der Waals surface area (Å²) in [6.45, 7) is 2.56. The molecule has 1 saturated heterocycles. The molecule has 3 aromatic rings. The highest BCUT2D eigenvalue weighted by Crippen LogP contribution is 2.37. The standard InChI is InChI=1S/C31H38N4O2/c1-21(32-2)30(36)34-29(24-12-7-4-8-13-24)31(37)35-19-9-14-27(35)25-16-15-22-17-18-33-28(26(22)20-25)23-10-5-3-6-11-23/h3,5-6,10-11,15-18,20-21,24,27,29,32H,4,7-9,12-14,19H2,1-2H3,(H,34,36)/t21?,27-,29-/m0/s1. The second kappa shape index (κ2) is 11.4. The number of likely N-dealkylation sites (N-methyl/N-ethyl adjacent to an activating group) is 1. The monoisotopic (exact) mass is 498 g/mol. The molecular formula is C31H38N4O2. The Hall–Kier alpha value is -3.25. The van der Waals surface area contributed by atoms with E-state index < -0.39 is 6.04 Å². The van der Waals surface area contributed by atoms with Crippen molar-refractivity contribution in [3.05, 3.63) is 66.4 Å². The Balaban J connectivity index is 1.46. The Morgan fingerprint density at radius 2 is 1.76 bits per heavy atom. The fourth-order valence-corrected chi connectivity index (χ4v) is 6.03. The lowest BCUT2D eigenvalue weighted by Crippen LogP contribution is -2.55. The topological polar surface area (TPSA) is 74.3 Å². The van der Waals surface area contributed by atoms with Crippen molar-refractivity contribution >= 4 is 22.6 Å². The van der Waals surface area contributed by atoms with Gasteiger partial charge in [0.25, 0.3) is 0 Å². The number of rotatable bonds is 7. The molecule has 1 aliphatic heterocycles. The van der Waals surface area contributed by atoms with E-state index in [0.717, 1.165) is 72.7 Å². The molecule has 1 unspecified atom stereocenters. The molecule has 2 amide bonds. The molecule has 2 heterocycles. The van der Waals surface area contributed by atoms with Crippen LogP contribution in [0.1, 0.15) is 63.5 Å². The normalized spacial score (nSPS) is 20.1. The molecule has 1 saturated carbocycles. The van der Waals surface area contributed by atoms with Crippen LogP contribution in [0.2, 0.25) is 0 Å². The first-order valence-electron chi connectivity index (χ1n) is 13.8. The van der Waals surface area contributed by atoms with E-state index in [-0.39, 0.29) is 29.8 Å². The van der Waals surface area contributed by atoms with E-state index in [1.807, 2.05) is 42.3 Å². The molecule has 6 nitrogen and oxygen atoms in total. The average Bonchev–Trinajstić information content (AvgIpc) is 3.45. The summed E-state index contributed by atoms with van der Waals surface area (Å²) in [7, 11) is 1.77. The van der Waals surface area contributed by atoms with Gasteiger partial charge in [-0.3, -0.25) is 14.6 Å². The van der Waals surface area contributed by atoms with Gasteiger partial charge < -0.3 is 15.5 Å². The summed E-state index contributed by atoms with van der Waals surface area (Å²) in [6, 6.07) is 18.0. The molecule has 6 heteroatoms. The van der Waals surface area contributed by atoms with Crippen LogP contribution in [0, 0.1) is 5.92 Å². The minimum atomic E-state index is -0.466. The van der Waals surface area contributed by atoms with Crippen LogP contribution in [-0.2, 0) is 9.59 Å². The van der Waals surface area contributed by atoms with Crippen molar-refractivity contribution in [1.29, 1.82) is 0 Å². The lowest BCUT2D eigenvalue weighted by Gasteiger charge is -2.35. The number of nitrogens with zero attached hydrogens (tertiary/aromatic N) is 2. The fraction of sp³-hybridized carbons (Fsp3) is 0.452. The highest BCUT2D eigenvalue weighted by molar-refractivity contribution is 5.95. The molecule has 3 atom stereocenters. The number of hydrogen-bond acceptors (Lipinski definition) is 4. The zero-order valence-corrected chi connectivity index (χ0v) is 22.0. The lowest BCUT2D eigenvalue weighted by atomic mass is 9.83. The maximum Gasteiger partial charge on any atom is 0.245 e. The molecule has 0 radical (unpaired) electrons. The molecule has 2 aliphatic rings. The van der Waals surface area contributed by atoms with Gasteiger partial charge in [-0.2, -0.15) is 0 Å². The van der Waals surface area contributed by atoms with Crippen LogP contribution in [0.3, 0.4) is 0 Å². The summed E-state index contributed by atoms with van der Waals surface area (Å²) in [4.78, 5) is 33.7. The second-order valence-electron chi connectivity index (χ2n) is 10.6. The summed E-state index contributed by atoms with van der Waals surface area (Å²) >= 11 is 0. The van der Waals surface area contributed by atoms with Crippen molar-refractivity contribution in [1.82, 2.24) is 20.5 Å². The SMILES string of the molecule is CNC(C)C(=O)N[C@H](C(=O)N1CCC[C@H]1c1ccc2ccnc(-c3ccccc3)c2c1)C1CCCCC1. The van der Waals surface area contributed by atoms with E-state index >= 15 is 0 Å². The summed E-state index contributed by atoms with van der Waals surface area (Å²) in [5, 5.41) is 8.40. The molecule has 2 fully saturated rings. The maximum atomic E-state index is 14.1. The predicted molar refractivity (Wildman–Crippen MR) is 148 cm³/mol. The zero-order valence-electron chi connectivity index (χ0n) is 22.0. The number of carbonyl (C=O) groups is 2. The van der Waals surface area contributed by atoms with Crippen LogP contribution in [0.5, 0.6) is 0 Å². The van der Waals surface area contributed by atoms with Crippen LogP contribution < -0.4 is 10.6 Å². The number of aromatic nitrogens is 1. The van der Waals surface area contributed by atoms with E-state index in [0.29, 0.717) is 0 Å². The third kappa shape index (κ3) is 5.40. The summed E-state index contributed by atoms with van der Waals surface area (Å²) in [5.41, 5.74) is 3.19. The molecular weight excluding hydrogens is 460 g/mol. The van der Waals surface area contributed by atoms with Crippen molar-refractivity contribution in [2.45, 2.75) is 70.0 Å². The first-order valence-corrected chi connectivity index (χ1v) is 13.8. The van der Waals surface area contributed by atoms with Crippen LogP contribution in [0.4, 0.5) is 0 Å². The second-order valence-corrected chi connectivity index (χ2v) is 10.6. The van der Waals surface area contributed by atoms with Crippen molar-refractivity contribution in [2.24, 2.45) is 5.92 Å². The number of benzene rings is 2. The third-order valence-electron chi connectivity index (χ3n) is 8.27. The van der Waals surface area contributed by atoms with Crippen LogP contribution >= 0.6 is 0 Å². The van der Waals surface area contributed by atoms with Gasteiger partial charge in [0.2, 0.25) is 11.8 Å². The van der Waals surface area contributed by atoms with Crippen molar-refractivity contribution < 1.29 is 9.59 Å². The van der Waals surface area contributed by atoms with Gasteiger partial charge in [0.1, 0.15) is 6.04 Å². The molecule has 2 N–H and O–H groups in total. The van der Waals surface area contributed by atoms with Crippen LogP contribution in [0.15, 0.2) is 60.8 Å². The minimum absolute atomic E-state index is 0.00504. The number of likely N-dealkylation sites (tertiary alicyclic amines) is 1. The number of hydrogen-bond donors (Lipinski definition) is 2. The Bertz CT molecular complexity index is 1240. The van der Waals surface area contributed by atoms with Crippen LogP contribution in [0.25, 0.3) is 22.0 Å². The van der Waals surface area contributed by atoms with E-state index in [4.69, 9.17) is 4.98 Å². The smallest absolute Gasteiger partial charge is 0.245 e. The van der Waals surface area contributed by atoms with Gasteiger partial charge in [-0.15, -0.1) is 0 Å². The van der Waals surface area contributed by atoms with E-state index in [2.05, 4.69) is 41.0 Å². The first kappa shape index (κ1) is 25.4. The van der Waals surface area contributed by atoms with Gasteiger partial charge >= 0.3 is 0 Å². The lowest BCUT2D eigenvalue weighted by molar-refractivity contribution is -0.139. The van der Waals surface area contributed by atoms with E-state index in [9.17, 15) is 9.59 Å². The number of fused-ring (bicyclic) bond motifs is 1. The third-order valence-corrected chi connectivity index (χ3v) is 8.27. The summed E-state index contributed by atoms with van der Waals surface area (Å²) in [6.07, 6.45) is 9.18. The van der Waals surface area contributed by atoms with Gasteiger partial charge in [-0.1, -0.05) is 61.7 Å². The number of pyridine rings is 1. The summed E-state index contributed by atoms with van der Waals surface area (Å²) < 4.78 is 0. The number of nitrogens with one attached hydrogen (secondary N) is 2. The number of carbonyl (C=O) groups excluding carboxylic acids is 2. The highest BCUT2D eigenvalue weighted by Gasteiger charge is 2.39. The van der Waals surface area contributed by atoms with Crippen molar-refractivity contribution in [3.8, 4) is 11.3 Å². The Morgan fingerprint density at radius 3 is 2.51 bits per heavy atom. The minimum Gasteiger partial charge on any atom is -0.343 e. The van der Waals surface area contributed by atoms with E-state index in [1.165, 1.54) is 6.42 Å². The zero-order chi connectivity index (χ0) is 25.8. The quantitative estimate of drug-likeness (QED) is 0.467. The maximum absolute atomic E-state index is 14.1. The van der Waals surface area contributed by atoms with Gasteiger partial charge in [0.15, 0.2) is 0 Å². The Kier molecular flexibility index (Phi) is 7.85. The predicted octanol–water partition coefficient (Wildman–Crippen LogP) is 5.24. The molecule has 5 rings (SSSR count). The molecule has 0 bridgehead atoms. The molecule has 37 heavy (non-hydrogen) atoms. The fourth-order valence-electron chi connectivity index (χ4n) is 6.03. The molecule has 2 aromatic carbocycles. The van der Waals surface area contributed by atoms with Gasteiger partial charge in [-0.25, -0.2) is 0 Å². The molecule has 194 valence electrons. The average molecular weight is 499 g/mol. The number of amides is 2. The van der Waals surface area contributed by atoms with Crippen LogP contribution in [-0.4, -0.2) is 47.4 Å². The van der Waals surface area contributed by atoms with E-state index in [1.54, 1.807) is 7.05 Å². The molecule has 1 aliphatic carbocycles. The van der Waals surface area contributed by atoms with Crippen molar-refractivity contribution in [3.63, 3.8) is 0 Å². The van der Waals surface area contributed by atoms with Gasteiger partial charge in [0.05, 0.1) is 17.8 Å².